The molecule has 0 radical (unpaired) electrons. The van der Waals surface area contributed by atoms with Crippen LogP contribution in [0, 0.1) is 0 Å². The Morgan fingerprint density at radius 3 is 2.73 bits per heavy atom. The molecule has 0 fully saturated rings. The first-order valence-electron chi connectivity index (χ1n) is 4.75. The molecule has 0 bridgehead atoms. The van der Waals surface area contributed by atoms with Crippen LogP contribution in [0.1, 0.15) is 23.8 Å². The fourth-order valence-electron chi connectivity index (χ4n) is 1.20. The molecule has 2 aromatic rings. The second-order valence-electron chi connectivity index (χ2n) is 3.14. The summed E-state index contributed by atoms with van der Waals surface area (Å²) in [5.41, 5.74) is 0. The lowest BCUT2D eigenvalue weighted by atomic mass is 10.3. The molecule has 0 aromatic carbocycles. The van der Waals surface area contributed by atoms with Crippen molar-refractivity contribution in [2.24, 2.45) is 0 Å². The van der Waals surface area contributed by atoms with Gasteiger partial charge < -0.3 is 5.32 Å². The van der Waals surface area contributed by atoms with Crippen LogP contribution < -0.4 is 5.32 Å². The third-order valence-corrected chi connectivity index (χ3v) is 2.97. The van der Waals surface area contributed by atoms with Gasteiger partial charge in [0, 0.05) is 24.0 Å². The molecule has 0 saturated carbocycles. The van der Waals surface area contributed by atoms with Gasteiger partial charge in [0.05, 0.1) is 12.6 Å². The molecule has 1 unspecified atom stereocenters. The van der Waals surface area contributed by atoms with Crippen LogP contribution in [0.2, 0.25) is 0 Å². The Bertz CT molecular complexity index is 387. The van der Waals surface area contributed by atoms with Crippen molar-refractivity contribution in [2.75, 3.05) is 0 Å². The normalized spacial score (nSPS) is 12.6. The van der Waals surface area contributed by atoms with Gasteiger partial charge in [-0.2, -0.15) is 0 Å². The standard InChI is InChI=1S/C10H12N4S/c1-8(10-13-5-6-15-10)14-7-9-11-3-2-4-12-9/h2-6,8,14H,7H2,1H3. The molecule has 0 aliphatic heterocycles. The molecule has 0 aliphatic carbocycles. The van der Waals surface area contributed by atoms with Crippen molar-refractivity contribution in [3.63, 3.8) is 0 Å². The number of nitrogens with zero attached hydrogens (tertiary/aromatic N) is 3. The summed E-state index contributed by atoms with van der Waals surface area (Å²) in [7, 11) is 0. The van der Waals surface area contributed by atoms with Gasteiger partial charge in [0.1, 0.15) is 10.8 Å². The average Bonchev–Trinajstić information content (AvgIpc) is 2.81. The lowest BCUT2D eigenvalue weighted by Crippen LogP contribution is -2.19. The first kappa shape index (κ1) is 10.2. The van der Waals surface area contributed by atoms with Gasteiger partial charge in [-0.25, -0.2) is 15.0 Å². The zero-order chi connectivity index (χ0) is 10.5. The highest BCUT2D eigenvalue weighted by Gasteiger charge is 2.07. The van der Waals surface area contributed by atoms with Gasteiger partial charge in [-0.15, -0.1) is 11.3 Å². The largest absolute Gasteiger partial charge is 0.301 e. The fraction of sp³-hybridized carbons (Fsp3) is 0.300. The smallest absolute Gasteiger partial charge is 0.141 e. The predicted molar refractivity (Wildman–Crippen MR) is 59.4 cm³/mol. The van der Waals surface area contributed by atoms with Gasteiger partial charge in [0.25, 0.3) is 0 Å². The van der Waals surface area contributed by atoms with Crippen molar-refractivity contribution in [1.29, 1.82) is 0 Å². The molecule has 2 rings (SSSR count). The Morgan fingerprint density at radius 1 is 1.27 bits per heavy atom. The Hall–Kier alpha value is -1.33. The van der Waals surface area contributed by atoms with E-state index in [-0.39, 0.29) is 6.04 Å². The number of thiazole rings is 1. The molecular weight excluding hydrogens is 208 g/mol. The van der Waals surface area contributed by atoms with Crippen LogP contribution >= 0.6 is 11.3 Å². The summed E-state index contributed by atoms with van der Waals surface area (Å²) in [4.78, 5) is 12.5. The van der Waals surface area contributed by atoms with E-state index in [2.05, 4.69) is 27.2 Å². The summed E-state index contributed by atoms with van der Waals surface area (Å²) in [5, 5.41) is 6.39. The molecule has 5 heteroatoms. The van der Waals surface area contributed by atoms with E-state index >= 15 is 0 Å². The molecule has 0 saturated heterocycles. The van der Waals surface area contributed by atoms with Gasteiger partial charge in [-0.3, -0.25) is 0 Å². The summed E-state index contributed by atoms with van der Waals surface area (Å²) in [6.07, 6.45) is 5.31. The molecule has 2 heterocycles. The van der Waals surface area contributed by atoms with E-state index in [4.69, 9.17) is 0 Å². The van der Waals surface area contributed by atoms with Crippen LogP contribution in [-0.2, 0) is 6.54 Å². The lowest BCUT2D eigenvalue weighted by molar-refractivity contribution is 0.556. The van der Waals surface area contributed by atoms with Crippen LogP contribution in [0.3, 0.4) is 0 Å². The van der Waals surface area contributed by atoms with E-state index in [9.17, 15) is 0 Å². The molecule has 78 valence electrons. The van der Waals surface area contributed by atoms with Crippen molar-refractivity contribution in [2.45, 2.75) is 19.5 Å². The van der Waals surface area contributed by atoms with Crippen LogP contribution in [0.15, 0.2) is 30.0 Å². The van der Waals surface area contributed by atoms with Gasteiger partial charge in [0.15, 0.2) is 0 Å². The van der Waals surface area contributed by atoms with E-state index in [0.29, 0.717) is 6.54 Å². The average molecular weight is 220 g/mol. The summed E-state index contributed by atoms with van der Waals surface area (Å²) in [5.74, 6) is 0.806. The quantitative estimate of drug-likeness (QED) is 0.853. The summed E-state index contributed by atoms with van der Waals surface area (Å²) >= 11 is 1.65. The number of rotatable bonds is 4. The third kappa shape index (κ3) is 2.81. The van der Waals surface area contributed by atoms with Crippen molar-refractivity contribution < 1.29 is 0 Å². The molecule has 0 aliphatic rings. The predicted octanol–water partition coefficient (Wildman–Crippen LogP) is 1.78. The molecule has 4 nitrogen and oxygen atoms in total. The van der Waals surface area contributed by atoms with Crippen molar-refractivity contribution >= 4 is 11.3 Å². The topological polar surface area (TPSA) is 50.7 Å². The minimum atomic E-state index is 0.244. The van der Waals surface area contributed by atoms with Crippen molar-refractivity contribution in [3.05, 3.63) is 40.9 Å². The third-order valence-electron chi connectivity index (χ3n) is 2.01. The zero-order valence-corrected chi connectivity index (χ0v) is 9.24. The van der Waals surface area contributed by atoms with Gasteiger partial charge in [0.2, 0.25) is 0 Å². The first-order chi connectivity index (χ1) is 7.36. The summed E-state index contributed by atoms with van der Waals surface area (Å²) in [6, 6.07) is 2.06. The summed E-state index contributed by atoms with van der Waals surface area (Å²) in [6.45, 7) is 2.75. The van der Waals surface area contributed by atoms with Crippen molar-refractivity contribution in [1.82, 2.24) is 20.3 Å². The monoisotopic (exact) mass is 220 g/mol. The van der Waals surface area contributed by atoms with Crippen LogP contribution in [0.4, 0.5) is 0 Å². The molecule has 0 amide bonds. The van der Waals surface area contributed by atoms with E-state index < -0.39 is 0 Å². The number of hydrogen-bond donors (Lipinski definition) is 1. The van der Waals surface area contributed by atoms with Gasteiger partial charge in [-0.1, -0.05) is 0 Å². The molecule has 1 atom stereocenters. The Morgan fingerprint density at radius 2 is 2.07 bits per heavy atom. The second kappa shape index (κ2) is 4.95. The van der Waals surface area contributed by atoms with E-state index in [1.54, 1.807) is 23.7 Å². The zero-order valence-electron chi connectivity index (χ0n) is 8.42. The van der Waals surface area contributed by atoms with Crippen molar-refractivity contribution in [3.8, 4) is 0 Å². The van der Waals surface area contributed by atoms with Gasteiger partial charge >= 0.3 is 0 Å². The maximum Gasteiger partial charge on any atom is 0.141 e. The van der Waals surface area contributed by atoms with Crippen LogP contribution in [0.5, 0.6) is 0 Å². The SMILES string of the molecule is CC(NCc1ncccn1)c1nccs1. The van der Waals surface area contributed by atoms with Crippen LogP contribution in [-0.4, -0.2) is 15.0 Å². The van der Waals surface area contributed by atoms with E-state index in [1.807, 2.05) is 17.6 Å². The highest BCUT2D eigenvalue weighted by atomic mass is 32.1. The lowest BCUT2D eigenvalue weighted by Gasteiger charge is -2.09. The Kier molecular flexibility index (Phi) is 3.37. The number of nitrogens with one attached hydrogen (secondary N) is 1. The number of aromatic nitrogens is 3. The van der Waals surface area contributed by atoms with E-state index in [1.165, 1.54) is 0 Å². The summed E-state index contributed by atoms with van der Waals surface area (Å²) < 4.78 is 0. The molecule has 2 aromatic heterocycles. The first-order valence-corrected chi connectivity index (χ1v) is 5.63. The molecule has 0 spiro atoms. The molecule has 1 N–H and O–H groups in total. The highest BCUT2D eigenvalue weighted by Crippen LogP contribution is 2.14. The van der Waals surface area contributed by atoms with E-state index in [0.717, 1.165) is 10.8 Å². The second-order valence-corrected chi connectivity index (χ2v) is 4.06. The highest BCUT2D eigenvalue weighted by molar-refractivity contribution is 7.09. The van der Waals surface area contributed by atoms with Crippen LogP contribution in [0.25, 0.3) is 0 Å². The maximum absolute atomic E-state index is 4.24. The molecule has 15 heavy (non-hydrogen) atoms. The van der Waals surface area contributed by atoms with Gasteiger partial charge in [-0.05, 0) is 13.0 Å². The maximum atomic E-state index is 4.24. The molecular formula is C10H12N4S. The Balaban J connectivity index is 1.89. The number of hydrogen-bond acceptors (Lipinski definition) is 5. The fourth-order valence-corrected chi connectivity index (χ4v) is 1.87. The minimum Gasteiger partial charge on any atom is -0.301 e. The minimum absolute atomic E-state index is 0.244. The Labute approximate surface area is 92.4 Å².